The molecule has 1 heterocycles. The number of piperidine rings is 1. The van der Waals surface area contributed by atoms with Crippen molar-refractivity contribution in [3.63, 3.8) is 0 Å². The first-order valence-electron chi connectivity index (χ1n) is 9.73. The minimum absolute atomic E-state index is 0.135. The highest BCUT2D eigenvalue weighted by Crippen LogP contribution is 2.50. The molecule has 1 aromatic carbocycles. The molecule has 2 fully saturated rings. The van der Waals surface area contributed by atoms with Gasteiger partial charge >= 0.3 is 0 Å². The summed E-state index contributed by atoms with van der Waals surface area (Å²) in [6, 6.07) is 5.49. The van der Waals surface area contributed by atoms with E-state index in [1.165, 1.54) is 0 Å². The summed E-state index contributed by atoms with van der Waals surface area (Å²) in [6.07, 6.45) is 2.04. The van der Waals surface area contributed by atoms with Gasteiger partial charge in [0.05, 0.1) is 11.3 Å². The van der Waals surface area contributed by atoms with Crippen LogP contribution in [0, 0.1) is 23.2 Å². The summed E-state index contributed by atoms with van der Waals surface area (Å²) in [6.45, 7) is 8.76. The molecule has 1 aliphatic carbocycles. The highest BCUT2D eigenvalue weighted by molar-refractivity contribution is 5.86. The van der Waals surface area contributed by atoms with Crippen LogP contribution in [0.5, 0.6) is 0 Å². The number of nitriles is 1. The van der Waals surface area contributed by atoms with Gasteiger partial charge in [-0.15, -0.1) is 0 Å². The fourth-order valence-electron chi connectivity index (χ4n) is 3.98. The molecule has 3 atom stereocenters. The van der Waals surface area contributed by atoms with Crippen LogP contribution in [0.3, 0.4) is 0 Å². The SMILES string of the molecule is C=Nc1c(N2C[C@@H](C)C[C@@H](NC(=O)CC3CC3(F)F)C2)ccc(C#N)c1/N=C\C. The van der Waals surface area contributed by atoms with E-state index in [0.29, 0.717) is 23.5 Å². The van der Waals surface area contributed by atoms with Crippen LogP contribution in [0.1, 0.15) is 38.7 Å². The Morgan fingerprint density at radius 2 is 2.17 bits per heavy atom. The number of carbonyl (C=O) groups excluding carboxylic acids is 1. The minimum Gasteiger partial charge on any atom is -0.367 e. The topological polar surface area (TPSA) is 80.9 Å². The van der Waals surface area contributed by atoms with E-state index in [0.717, 1.165) is 18.7 Å². The predicted molar refractivity (Wildman–Crippen MR) is 110 cm³/mol. The molecule has 3 rings (SSSR count). The maximum Gasteiger partial charge on any atom is 0.252 e. The number of alkyl halides is 2. The zero-order valence-electron chi connectivity index (χ0n) is 16.7. The van der Waals surface area contributed by atoms with Gasteiger partial charge in [0.1, 0.15) is 17.4 Å². The normalized spacial score (nSPS) is 25.5. The second kappa shape index (κ2) is 8.27. The zero-order valence-corrected chi connectivity index (χ0v) is 16.7. The Labute approximate surface area is 169 Å². The lowest BCUT2D eigenvalue weighted by Crippen LogP contribution is -2.50. The molecule has 1 amide bonds. The summed E-state index contributed by atoms with van der Waals surface area (Å²) in [5.74, 6) is -3.57. The molecule has 1 aliphatic heterocycles. The number of nitrogens with zero attached hydrogens (tertiary/aromatic N) is 4. The van der Waals surface area contributed by atoms with E-state index in [-0.39, 0.29) is 30.7 Å². The number of carbonyl (C=O) groups is 1. The molecule has 0 bridgehead atoms. The highest BCUT2D eigenvalue weighted by Gasteiger charge is 2.57. The molecule has 6 nitrogen and oxygen atoms in total. The number of aliphatic imine (C=N–C) groups is 2. The highest BCUT2D eigenvalue weighted by atomic mass is 19.3. The third-order valence-electron chi connectivity index (χ3n) is 5.42. The fraction of sp³-hybridized carbons (Fsp3) is 0.524. The van der Waals surface area contributed by atoms with Crippen LogP contribution < -0.4 is 10.2 Å². The number of benzene rings is 1. The first-order chi connectivity index (χ1) is 13.8. The molecule has 0 aromatic heterocycles. The van der Waals surface area contributed by atoms with Crippen LogP contribution >= 0.6 is 0 Å². The first-order valence-corrected chi connectivity index (χ1v) is 9.73. The summed E-state index contributed by atoms with van der Waals surface area (Å²) in [5, 5.41) is 12.3. The van der Waals surface area contributed by atoms with Crippen LogP contribution in [-0.4, -0.2) is 43.9 Å². The van der Waals surface area contributed by atoms with E-state index in [9.17, 15) is 18.8 Å². The molecule has 0 spiro atoms. The number of amides is 1. The Hall–Kier alpha value is -2.82. The number of halogens is 2. The van der Waals surface area contributed by atoms with Crippen molar-refractivity contribution in [3.05, 3.63) is 17.7 Å². The van der Waals surface area contributed by atoms with E-state index in [2.05, 4.69) is 39.9 Å². The Morgan fingerprint density at radius 1 is 1.45 bits per heavy atom. The molecule has 154 valence electrons. The summed E-state index contributed by atoms with van der Waals surface area (Å²) in [4.78, 5) is 22.7. The molecule has 2 aliphatic rings. The second-order valence-electron chi connectivity index (χ2n) is 7.86. The van der Waals surface area contributed by atoms with Gasteiger partial charge in [-0.1, -0.05) is 6.92 Å². The lowest BCUT2D eigenvalue weighted by Gasteiger charge is -2.39. The molecule has 1 aromatic rings. The van der Waals surface area contributed by atoms with Gasteiger partial charge in [0, 0.05) is 44.1 Å². The average molecular weight is 401 g/mol. The van der Waals surface area contributed by atoms with E-state index in [1.807, 2.05) is 6.07 Å². The molecule has 1 N–H and O–H groups in total. The van der Waals surface area contributed by atoms with Crippen molar-refractivity contribution < 1.29 is 13.6 Å². The summed E-state index contributed by atoms with van der Waals surface area (Å²) in [5.41, 5.74) is 2.20. The van der Waals surface area contributed by atoms with Gasteiger partial charge < -0.3 is 10.2 Å². The van der Waals surface area contributed by atoms with Gasteiger partial charge in [0.15, 0.2) is 0 Å². The monoisotopic (exact) mass is 401 g/mol. The van der Waals surface area contributed by atoms with E-state index >= 15 is 0 Å². The molecule has 8 heteroatoms. The Morgan fingerprint density at radius 3 is 2.76 bits per heavy atom. The van der Waals surface area contributed by atoms with Crippen molar-refractivity contribution in [2.24, 2.45) is 21.8 Å². The number of anilines is 1. The van der Waals surface area contributed by atoms with Crippen LogP contribution in [0.15, 0.2) is 22.1 Å². The second-order valence-corrected chi connectivity index (χ2v) is 7.86. The van der Waals surface area contributed by atoms with Crippen LogP contribution in [0.4, 0.5) is 25.8 Å². The van der Waals surface area contributed by atoms with E-state index < -0.39 is 11.8 Å². The van der Waals surface area contributed by atoms with Crippen molar-refractivity contribution in [1.82, 2.24) is 5.32 Å². The minimum atomic E-state index is -2.69. The van der Waals surface area contributed by atoms with Crippen molar-refractivity contribution >= 4 is 35.9 Å². The number of nitrogens with one attached hydrogen (secondary N) is 1. The lowest BCUT2D eigenvalue weighted by atomic mass is 9.94. The molecule has 1 unspecified atom stereocenters. The maximum atomic E-state index is 13.1. The maximum absolute atomic E-state index is 13.1. The third-order valence-corrected chi connectivity index (χ3v) is 5.42. The van der Waals surface area contributed by atoms with Gasteiger partial charge in [-0.05, 0) is 38.1 Å². The van der Waals surface area contributed by atoms with Crippen molar-refractivity contribution in [1.29, 1.82) is 5.26 Å². The summed E-state index contributed by atoms with van der Waals surface area (Å²) in [7, 11) is 0. The molecule has 29 heavy (non-hydrogen) atoms. The molecule has 1 saturated carbocycles. The molecular formula is C21H25F2N5O. The quantitative estimate of drug-likeness (QED) is 0.732. The van der Waals surface area contributed by atoms with Crippen molar-refractivity contribution in [3.8, 4) is 6.07 Å². The van der Waals surface area contributed by atoms with Gasteiger partial charge in [-0.25, -0.2) is 8.78 Å². The number of hydrogen-bond acceptors (Lipinski definition) is 5. The zero-order chi connectivity index (χ0) is 21.2. The van der Waals surface area contributed by atoms with Crippen LogP contribution in [0.25, 0.3) is 0 Å². The van der Waals surface area contributed by atoms with Crippen LogP contribution in [0.2, 0.25) is 0 Å². The van der Waals surface area contributed by atoms with Crippen molar-refractivity contribution in [2.45, 2.75) is 45.1 Å². The van der Waals surface area contributed by atoms with Gasteiger partial charge in [0.2, 0.25) is 5.91 Å². The third kappa shape index (κ3) is 4.61. The first kappa shape index (κ1) is 20.9. The van der Waals surface area contributed by atoms with Gasteiger partial charge in [-0.3, -0.25) is 14.8 Å². The largest absolute Gasteiger partial charge is 0.367 e. The molecular weight excluding hydrogens is 376 g/mol. The Bertz CT molecular complexity index is 877. The smallest absolute Gasteiger partial charge is 0.252 e. The number of rotatable bonds is 6. The van der Waals surface area contributed by atoms with Gasteiger partial charge in [0.25, 0.3) is 5.92 Å². The lowest BCUT2D eigenvalue weighted by molar-refractivity contribution is -0.122. The Balaban J connectivity index is 1.78. The van der Waals surface area contributed by atoms with Crippen LogP contribution in [-0.2, 0) is 4.79 Å². The predicted octanol–water partition coefficient (Wildman–Crippen LogP) is 3.99. The summed E-state index contributed by atoms with van der Waals surface area (Å²) >= 11 is 0. The van der Waals surface area contributed by atoms with E-state index in [1.54, 1.807) is 19.2 Å². The molecule has 0 radical (unpaired) electrons. The van der Waals surface area contributed by atoms with E-state index in [4.69, 9.17) is 0 Å². The Kier molecular flexibility index (Phi) is 5.96. The van der Waals surface area contributed by atoms with Gasteiger partial charge in [-0.2, -0.15) is 5.26 Å². The average Bonchev–Trinajstić information content (AvgIpc) is 3.26. The molecule has 1 saturated heterocycles. The number of hydrogen-bond donors (Lipinski definition) is 1. The fourth-order valence-corrected chi connectivity index (χ4v) is 3.98. The van der Waals surface area contributed by atoms with Crippen molar-refractivity contribution in [2.75, 3.05) is 18.0 Å². The summed E-state index contributed by atoms with van der Waals surface area (Å²) < 4.78 is 26.2. The standard InChI is InChI=1S/C21H25F2N5O/c1-4-26-19-14(10-24)5-6-17(20(19)25-3)28-11-13(2)7-16(12-28)27-18(29)8-15-9-21(15,22)23/h4-6,13,15-16H,3,7-9,11-12H2,1-2H3,(H,27,29)/b26-4-/t13-,15?,16+/m0/s1.